The van der Waals surface area contributed by atoms with Crippen LogP contribution in [-0.2, 0) is 11.2 Å². The summed E-state index contributed by atoms with van der Waals surface area (Å²) in [5.74, 6) is -0.786. The van der Waals surface area contributed by atoms with Crippen molar-refractivity contribution in [2.45, 2.75) is 59.5 Å². The first-order chi connectivity index (χ1) is 9.90. The number of carbonyl (C=O) groups is 2. The van der Waals surface area contributed by atoms with E-state index in [-0.39, 0.29) is 22.9 Å². The molecule has 1 aromatic carbocycles. The fourth-order valence-electron chi connectivity index (χ4n) is 2.27. The van der Waals surface area contributed by atoms with E-state index in [4.69, 9.17) is 5.11 Å². The van der Waals surface area contributed by atoms with Crippen molar-refractivity contribution in [3.63, 3.8) is 0 Å². The Labute approximate surface area is 132 Å². The third kappa shape index (κ3) is 5.60. The minimum atomic E-state index is -0.943. The van der Waals surface area contributed by atoms with Crippen LogP contribution in [0.25, 0.3) is 0 Å². The van der Waals surface area contributed by atoms with Gasteiger partial charge < -0.3 is 10.4 Å². The van der Waals surface area contributed by atoms with Gasteiger partial charge in [-0.15, -0.1) is 0 Å². The second kappa shape index (κ2) is 6.61. The molecule has 122 valence electrons. The second-order valence-electron chi connectivity index (χ2n) is 7.77. The van der Waals surface area contributed by atoms with Crippen molar-refractivity contribution in [2.75, 3.05) is 0 Å². The number of Topliss-reactive ketones (excluding diaryl/α,β-unsaturated/α-hetero) is 1. The van der Waals surface area contributed by atoms with Gasteiger partial charge in [0.05, 0.1) is 11.6 Å². The largest absolute Gasteiger partial charge is 0.478 e. The van der Waals surface area contributed by atoms with Crippen molar-refractivity contribution in [3.05, 3.63) is 35.4 Å². The summed E-state index contributed by atoms with van der Waals surface area (Å²) in [6, 6.07) is 6.41. The Morgan fingerprint density at radius 3 is 1.91 bits per heavy atom. The molecule has 1 atom stereocenters. The van der Waals surface area contributed by atoms with Crippen LogP contribution in [-0.4, -0.2) is 28.4 Å². The monoisotopic (exact) mass is 305 g/mol. The number of ketones is 1. The van der Waals surface area contributed by atoms with Crippen LogP contribution in [0.2, 0.25) is 0 Å². The summed E-state index contributed by atoms with van der Waals surface area (Å²) in [6.45, 7) is 11.8. The molecule has 0 amide bonds. The molecule has 22 heavy (non-hydrogen) atoms. The average molecular weight is 305 g/mol. The summed E-state index contributed by atoms with van der Waals surface area (Å²) in [5.41, 5.74) is 0.604. The molecule has 0 saturated heterocycles. The minimum absolute atomic E-state index is 0.157. The number of rotatable bonds is 5. The molecule has 2 N–H and O–H groups in total. The van der Waals surface area contributed by atoms with Crippen LogP contribution in [0.1, 0.15) is 57.5 Å². The fourth-order valence-corrected chi connectivity index (χ4v) is 2.27. The highest BCUT2D eigenvalue weighted by atomic mass is 16.4. The number of carboxylic acids is 1. The Kier molecular flexibility index (Phi) is 5.52. The Morgan fingerprint density at radius 2 is 1.55 bits per heavy atom. The quantitative estimate of drug-likeness (QED) is 0.876. The number of nitrogens with one attached hydrogen (secondary N) is 1. The second-order valence-corrected chi connectivity index (χ2v) is 7.77. The topological polar surface area (TPSA) is 66.4 Å². The predicted octanol–water partition coefficient (Wildman–Crippen LogP) is 3.30. The number of carboxylic acid groups (broad SMARTS) is 1. The van der Waals surface area contributed by atoms with Crippen molar-refractivity contribution in [1.82, 2.24) is 5.32 Å². The van der Waals surface area contributed by atoms with Crippen molar-refractivity contribution in [1.29, 1.82) is 0 Å². The molecule has 0 aliphatic rings. The standard InChI is InChI=1S/C18H27NO3/c1-17(2,3)15(20)14(19-18(4,5)6)11-12-7-9-13(10-8-12)16(21)22/h7-10,14,19H,11H2,1-6H3,(H,21,22)/t14-/m0/s1. The number of benzene rings is 1. The van der Waals surface area contributed by atoms with E-state index in [1.54, 1.807) is 24.3 Å². The van der Waals surface area contributed by atoms with E-state index in [0.29, 0.717) is 6.42 Å². The molecule has 1 aromatic rings. The Balaban J connectivity index is 2.97. The molecule has 4 heteroatoms. The summed E-state index contributed by atoms with van der Waals surface area (Å²) < 4.78 is 0. The molecule has 0 bridgehead atoms. The number of hydrogen-bond acceptors (Lipinski definition) is 3. The van der Waals surface area contributed by atoms with Crippen LogP contribution in [0, 0.1) is 5.41 Å². The van der Waals surface area contributed by atoms with Gasteiger partial charge in [-0.3, -0.25) is 4.79 Å². The van der Waals surface area contributed by atoms with Crippen LogP contribution in [0.15, 0.2) is 24.3 Å². The van der Waals surface area contributed by atoms with Crippen LogP contribution >= 0.6 is 0 Å². The zero-order valence-electron chi connectivity index (χ0n) is 14.4. The normalized spacial score (nSPS) is 13.7. The van der Waals surface area contributed by atoms with Crippen LogP contribution in [0.3, 0.4) is 0 Å². The molecule has 4 nitrogen and oxygen atoms in total. The van der Waals surface area contributed by atoms with Gasteiger partial charge in [0.2, 0.25) is 0 Å². The van der Waals surface area contributed by atoms with Crippen molar-refractivity contribution < 1.29 is 14.7 Å². The highest BCUT2D eigenvalue weighted by Gasteiger charge is 2.31. The van der Waals surface area contributed by atoms with E-state index in [1.807, 2.05) is 41.5 Å². The van der Waals surface area contributed by atoms with E-state index in [2.05, 4.69) is 5.32 Å². The summed E-state index contributed by atoms with van der Waals surface area (Å²) in [5, 5.41) is 12.3. The lowest BCUT2D eigenvalue weighted by Gasteiger charge is -2.32. The van der Waals surface area contributed by atoms with Gasteiger partial charge >= 0.3 is 5.97 Å². The van der Waals surface area contributed by atoms with E-state index in [9.17, 15) is 9.59 Å². The van der Waals surface area contributed by atoms with Gasteiger partial charge in [0.25, 0.3) is 0 Å². The van der Waals surface area contributed by atoms with Gasteiger partial charge in [0.1, 0.15) is 0 Å². The lowest BCUT2D eigenvalue weighted by molar-refractivity contribution is -0.128. The molecule has 0 fully saturated rings. The lowest BCUT2D eigenvalue weighted by Crippen LogP contribution is -2.51. The van der Waals surface area contributed by atoms with Crippen molar-refractivity contribution >= 4 is 11.8 Å². The maximum atomic E-state index is 12.7. The zero-order chi connectivity index (χ0) is 17.1. The van der Waals surface area contributed by atoms with E-state index in [0.717, 1.165) is 5.56 Å². The summed E-state index contributed by atoms with van der Waals surface area (Å²) >= 11 is 0. The Bertz CT molecular complexity index is 533. The van der Waals surface area contributed by atoms with Gasteiger partial charge in [-0.25, -0.2) is 4.79 Å². The molecular formula is C18H27NO3. The number of aromatic carboxylic acids is 1. The first-order valence-electron chi connectivity index (χ1n) is 7.54. The van der Waals surface area contributed by atoms with Gasteiger partial charge in [-0.05, 0) is 44.9 Å². The molecule has 0 saturated carbocycles. The Morgan fingerprint density at radius 1 is 1.05 bits per heavy atom. The first-order valence-corrected chi connectivity index (χ1v) is 7.54. The zero-order valence-corrected chi connectivity index (χ0v) is 14.4. The maximum Gasteiger partial charge on any atom is 0.335 e. The van der Waals surface area contributed by atoms with Gasteiger partial charge in [-0.2, -0.15) is 0 Å². The van der Waals surface area contributed by atoms with E-state index < -0.39 is 11.4 Å². The fraction of sp³-hybridized carbons (Fsp3) is 0.556. The van der Waals surface area contributed by atoms with Crippen LogP contribution < -0.4 is 5.32 Å². The Hall–Kier alpha value is -1.68. The predicted molar refractivity (Wildman–Crippen MR) is 88.2 cm³/mol. The van der Waals surface area contributed by atoms with E-state index >= 15 is 0 Å². The van der Waals surface area contributed by atoms with Gasteiger partial charge in [0.15, 0.2) is 5.78 Å². The smallest absolute Gasteiger partial charge is 0.335 e. The van der Waals surface area contributed by atoms with Gasteiger partial charge in [-0.1, -0.05) is 32.9 Å². The molecule has 0 unspecified atom stereocenters. The third-order valence-electron chi connectivity index (χ3n) is 3.30. The lowest BCUT2D eigenvalue weighted by atomic mass is 9.83. The molecule has 0 aliphatic heterocycles. The first kappa shape index (κ1) is 18.4. The molecule has 0 heterocycles. The highest BCUT2D eigenvalue weighted by molar-refractivity contribution is 5.89. The average Bonchev–Trinajstić information content (AvgIpc) is 2.35. The summed E-state index contributed by atoms with van der Waals surface area (Å²) in [7, 11) is 0. The maximum absolute atomic E-state index is 12.7. The highest BCUT2D eigenvalue weighted by Crippen LogP contribution is 2.21. The summed E-state index contributed by atoms with van der Waals surface area (Å²) in [6.07, 6.45) is 0.549. The van der Waals surface area contributed by atoms with Crippen LogP contribution in [0.4, 0.5) is 0 Å². The third-order valence-corrected chi connectivity index (χ3v) is 3.30. The molecule has 0 radical (unpaired) electrons. The van der Waals surface area contributed by atoms with Crippen molar-refractivity contribution in [3.8, 4) is 0 Å². The molecule has 0 aliphatic carbocycles. The number of hydrogen-bond donors (Lipinski definition) is 2. The minimum Gasteiger partial charge on any atom is -0.478 e. The van der Waals surface area contributed by atoms with Crippen molar-refractivity contribution in [2.24, 2.45) is 5.41 Å². The SMILES string of the molecule is CC(C)(C)N[C@@H](Cc1ccc(C(=O)O)cc1)C(=O)C(C)(C)C. The van der Waals surface area contributed by atoms with Gasteiger partial charge in [0, 0.05) is 11.0 Å². The van der Waals surface area contributed by atoms with Crippen LogP contribution in [0.5, 0.6) is 0 Å². The summed E-state index contributed by atoms with van der Waals surface area (Å²) in [4.78, 5) is 23.6. The molecule has 0 aromatic heterocycles. The molecular weight excluding hydrogens is 278 g/mol. The molecule has 1 rings (SSSR count). The van der Waals surface area contributed by atoms with E-state index in [1.165, 1.54) is 0 Å². The number of carbonyl (C=O) groups excluding carboxylic acids is 1. The molecule has 0 spiro atoms.